The van der Waals surface area contributed by atoms with Crippen LogP contribution in [0, 0.1) is 0 Å². The smallest absolute Gasteiger partial charge is 0.120 e. The lowest BCUT2D eigenvalue weighted by atomic mass is 10.0. The van der Waals surface area contributed by atoms with Crippen LogP contribution >= 0.6 is 0 Å². The number of unbranched alkanes of at least 4 members (excludes halogenated alkanes) is 3. The molecule has 0 aliphatic heterocycles. The molecule has 1 rings (SSSR count). The average molecular weight is 261 g/mol. The van der Waals surface area contributed by atoms with Gasteiger partial charge < -0.3 is 10.5 Å². The van der Waals surface area contributed by atoms with E-state index >= 15 is 0 Å². The minimum absolute atomic E-state index is 0.111. The summed E-state index contributed by atoms with van der Waals surface area (Å²) in [6.07, 6.45) is 7.92. The molecule has 1 aromatic rings. The highest BCUT2D eigenvalue weighted by Crippen LogP contribution is 2.22. The molecule has 19 heavy (non-hydrogen) atoms. The maximum atomic E-state index is 6.23. The summed E-state index contributed by atoms with van der Waals surface area (Å²) in [5.41, 5.74) is 7.40. The monoisotopic (exact) mass is 261 g/mol. The Bertz CT molecular complexity index is 373. The van der Waals surface area contributed by atoms with Gasteiger partial charge in [0.25, 0.3) is 0 Å². The largest absolute Gasteiger partial charge is 0.491 e. The Balaban J connectivity index is 2.42. The molecule has 0 radical (unpaired) electrons. The number of hydrogen-bond donors (Lipinski definition) is 1. The lowest BCUT2D eigenvalue weighted by molar-refractivity contribution is 0.242. The normalized spacial score (nSPS) is 12.4. The molecule has 1 atom stereocenters. The maximum Gasteiger partial charge on any atom is 0.120 e. The fraction of sp³-hybridized carbons (Fsp3) is 0.529. The molecule has 1 unspecified atom stereocenters. The standard InChI is InChI=1S/C17H27NO/c1-4-5-6-7-8-12-17(18)15-10-9-11-16(13-15)19-14(2)3/h4,9-11,13-14,17H,1,5-8,12,18H2,2-3H3. The van der Waals surface area contributed by atoms with Gasteiger partial charge in [-0.25, -0.2) is 0 Å². The van der Waals surface area contributed by atoms with Crippen LogP contribution < -0.4 is 10.5 Å². The molecule has 0 aliphatic carbocycles. The topological polar surface area (TPSA) is 35.2 Å². The van der Waals surface area contributed by atoms with E-state index in [0.29, 0.717) is 0 Å². The van der Waals surface area contributed by atoms with Crippen molar-refractivity contribution in [1.29, 1.82) is 0 Å². The van der Waals surface area contributed by atoms with Crippen LogP contribution in [0.2, 0.25) is 0 Å². The van der Waals surface area contributed by atoms with Gasteiger partial charge in [-0.15, -0.1) is 6.58 Å². The summed E-state index contributed by atoms with van der Waals surface area (Å²) < 4.78 is 5.70. The van der Waals surface area contributed by atoms with Crippen LogP contribution in [-0.2, 0) is 0 Å². The first kappa shape index (κ1) is 15.8. The highest BCUT2D eigenvalue weighted by Gasteiger charge is 2.07. The molecule has 0 amide bonds. The Labute approximate surface area is 117 Å². The molecule has 0 heterocycles. The SMILES string of the molecule is C=CCCCCCC(N)c1cccc(OC(C)C)c1. The third-order valence-electron chi connectivity index (χ3n) is 3.08. The van der Waals surface area contributed by atoms with Crippen LogP contribution in [0.15, 0.2) is 36.9 Å². The molecule has 0 saturated heterocycles. The molecule has 2 heteroatoms. The van der Waals surface area contributed by atoms with Crippen molar-refractivity contribution in [2.24, 2.45) is 5.73 Å². The molecule has 0 fully saturated rings. The average Bonchev–Trinajstić information content (AvgIpc) is 2.38. The van der Waals surface area contributed by atoms with Gasteiger partial charge in [0.15, 0.2) is 0 Å². The highest BCUT2D eigenvalue weighted by molar-refractivity contribution is 5.30. The van der Waals surface area contributed by atoms with Gasteiger partial charge in [-0.3, -0.25) is 0 Å². The van der Waals surface area contributed by atoms with Gasteiger partial charge in [0, 0.05) is 6.04 Å². The lowest BCUT2D eigenvalue weighted by Gasteiger charge is -2.15. The maximum absolute atomic E-state index is 6.23. The Kier molecular flexibility index (Phi) is 7.27. The molecule has 0 aromatic heterocycles. The Morgan fingerprint density at radius 1 is 1.26 bits per heavy atom. The molecule has 2 N–H and O–H groups in total. The summed E-state index contributed by atoms with van der Waals surface area (Å²) in [5.74, 6) is 0.912. The van der Waals surface area contributed by atoms with Crippen molar-refractivity contribution in [2.45, 2.75) is 58.1 Å². The van der Waals surface area contributed by atoms with Crippen LogP contribution in [0.1, 0.15) is 57.6 Å². The van der Waals surface area contributed by atoms with Gasteiger partial charge in [0.1, 0.15) is 5.75 Å². The van der Waals surface area contributed by atoms with E-state index in [1.54, 1.807) is 0 Å². The van der Waals surface area contributed by atoms with E-state index in [2.05, 4.69) is 18.7 Å². The van der Waals surface area contributed by atoms with Crippen LogP contribution in [0.4, 0.5) is 0 Å². The summed E-state index contributed by atoms with van der Waals surface area (Å²) in [5, 5.41) is 0. The van der Waals surface area contributed by atoms with Gasteiger partial charge >= 0.3 is 0 Å². The molecule has 2 nitrogen and oxygen atoms in total. The number of nitrogens with two attached hydrogens (primary N) is 1. The molecule has 1 aromatic carbocycles. The summed E-state index contributed by atoms with van der Waals surface area (Å²) in [6, 6.07) is 8.26. The zero-order valence-corrected chi connectivity index (χ0v) is 12.3. The van der Waals surface area contributed by atoms with Crippen LogP contribution in [0.5, 0.6) is 5.75 Å². The highest BCUT2D eigenvalue weighted by atomic mass is 16.5. The zero-order valence-electron chi connectivity index (χ0n) is 12.3. The lowest BCUT2D eigenvalue weighted by Crippen LogP contribution is -2.11. The Morgan fingerprint density at radius 2 is 2.05 bits per heavy atom. The molecule has 0 saturated carbocycles. The number of hydrogen-bond acceptors (Lipinski definition) is 2. The van der Waals surface area contributed by atoms with E-state index in [1.165, 1.54) is 24.8 Å². The first-order chi connectivity index (χ1) is 9.13. The number of ether oxygens (including phenoxy) is 1. The minimum Gasteiger partial charge on any atom is -0.491 e. The van der Waals surface area contributed by atoms with E-state index < -0.39 is 0 Å². The molecule has 0 spiro atoms. The van der Waals surface area contributed by atoms with E-state index in [-0.39, 0.29) is 12.1 Å². The number of benzene rings is 1. The fourth-order valence-corrected chi connectivity index (χ4v) is 2.09. The minimum atomic E-state index is 0.111. The molecule has 106 valence electrons. The fourth-order valence-electron chi connectivity index (χ4n) is 2.09. The van der Waals surface area contributed by atoms with E-state index in [9.17, 15) is 0 Å². The summed E-state index contributed by atoms with van der Waals surface area (Å²) in [7, 11) is 0. The predicted octanol–water partition coefficient (Wildman–Crippen LogP) is 4.61. The molecular formula is C17H27NO. The van der Waals surface area contributed by atoms with E-state index in [4.69, 9.17) is 10.5 Å². The van der Waals surface area contributed by atoms with Crippen molar-refractivity contribution in [3.05, 3.63) is 42.5 Å². The van der Waals surface area contributed by atoms with Crippen molar-refractivity contribution in [3.8, 4) is 5.75 Å². The van der Waals surface area contributed by atoms with Crippen molar-refractivity contribution < 1.29 is 4.74 Å². The van der Waals surface area contributed by atoms with Gasteiger partial charge in [0.2, 0.25) is 0 Å². The first-order valence-electron chi connectivity index (χ1n) is 7.26. The van der Waals surface area contributed by atoms with Crippen LogP contribution in [0.3, 0.4) is 0 Å². The summed E-state index contributed by atoms with van der Waals surface area (Å²) >= 11 is 0. The number of allylic oxidation sites excluding steroid dienone is 1. The molecular weight excluding hydrogens is 234 g/mol. The second-order valence-corrected chi connectivity index (χ2v) is 5.27. The van der Waals surface area contributed by atoms with Crippen LogP contribution in [0.25, 0.3) is 0 Å². The van der Waals surface area contributed by atoms with Gasteiger partial charge in [-0.2, -0.15) is 0 Å². The van der Waals surface area contributed by atoms with Crippen molar-refractivity contribution in [1.82, 2.24) is 0 Å². The quantitative estimate of drug-likeness (QED) is 0.520. The third kappa shape index (κ3) is 6.44. The van der Waals surface area contributed by atoms with E-state index in [0.717, 1.165) is 18.6 Å². The van der Waals surface area contributed by atoms with Gasteiger partial charge in [0.05, 0.1) is 6.10 Å². The zero-order chi connectivity index (χ0) is 14.1. The Hall–Kier alpha value is -1.28. The molecule has 0 bridgehead atoms. The van der Waals surface area contributed by atoms with Gasteiger partial charge in [-0.1, -0.05) is 31.1 Å². The first-order valence-corrected chi connectivity index (χ1v) is 7.26. The van der Waals surface area contributed by atoms with E-state index in [1.807, 2.05) is 32.1 Å². The second-order valence-electron chi connectivity index (χ2n) is 5.27. The second kappa shape index (κ2) is 8.76. The summed E-state index contributed by atoms with van der Waals surface area (Å²) in [4.78, 5) is 0. The summed E-state index contributed by atoms with van der Waals surface area (Å²) in [6.45, 7) is 7.80. The van der Waals surface area contributed by atoms with Crippen molar-refractivity contribution in [2.75, 3.05) is 0 Å². The third-order valence-corrected chi connectivity index (χ3v) is 3.08. The van der Waals surface area contributed by atoms with Gasteiger partial charge in [-0.05, 0) is 50.8 Å². The Morgan fingerprint density at radius 3 is 2.74 bits per heavy atom. The van der Waals surface area contributed by atoms with Crippen molar-refractivity contribution in [3.63, 3.8) is 0 Å². The van der Waals surface area contributed by atoms with Crippen LogP contribution in [-0.4, -0.2) is 6.10 Å². The predicted molar refractivity (Wildman–Crippen MR) is 82.4 cm³/mol. The number of rotatable bonds is 9. The van der Waals surface area contributed by atoms with Crippen molar-refractivity contribution >= 4 is 0 Å². The molecule has 0 aliphatic rings.